The van der Waals surface area contributed by atoms with Gasteiger partial charge in [0, 0.05) is 20.0 Å². The highest BCUT2D eigenvalue weighted by Gasteiger charge is 2.17. The fourth-order valence-electron chi connectivity index (χ4n) is 1.75. The maximum absolute atomic E-state index is 12.0. The molecule has 2 aromatic rings. The molecule has 0 aliphatic carbocycles. The topological polar surface area (TPSA) is 84.2 Å². The van der Waals surface area contributed by atoms with Crippen molar-refractivity contribution in [1.29, 1.82) is 0 Å². The summed E-state index contributed by atoms with van der Waals surface area (Å²) in [4.78, 5) is 27.9. The number of carbonyl (C=O) groups excluding carboxylic acids is 2. The summed E-state index contributed by atoms with van der Waals surface area (Å²) in [5.41, 5.74) is 0.304. The first-order valence-corrected chi connectivity index (χ1v) is 7.50. The monoisotopic (exact) mass is 307 g/mol. The van der Waals surface area contributed by atoms with E-state index in [2.05, 4.69) is 15.6 Å². The summed E-state index contributed by atoms with van der Waals surface area (Å²) in [6.45, 7) is 4.19. The standard InChI is InChI=1S/C14H17N3O3S/c1-9-12(13(19)16-7-4-6-15-10(2)18)17-14(20-9)11-5-3-8-21-11/h3,5,8H,4,6-7H2,1-2H3,(H,15,18)(H,16,19). The molecule has 2 amide bonds. The first kappa shape index (κ1) is 15.2. The highest BCUT2D eigenvalue weighted by Crippen LogP contribution is 2.25. The van der Waals surface area contributed by atoms with Gasteiger partial charge >= 0.3 is 0 Å². The highest BCUT2D eigenvalue weighted by molar-refractivity contribution is 7.13. The molecular formula is C14H17N3O3S. The van der Waals surface area contributed by atoms with Gasteiger partial charge < -0.3 is 15.1 Å². The van der Waals surface area contributed by atoms with Gasteiger partial charge in [0.2, 0.25) is 11.8 Å². The molecule has 0 aliphatic rings. The zero-order valence-corrected chi connectivity index (χ0v) is 12.8. The number of nitrogens with one attached hydrogen (secondary N) is 2. The molecular weight excluding hydrogens is 290 g/mol. The van der Waals surface area contributed by atoms with Gasteiger partial charge in [-0.3, -0.25) is 9.59 Å². The second kappa shape index (κ2) is 7.03. The Morgan fingerprint density at radius 3 is 2.76 bits per heavy atom. The van der Waals surface area contributed by atoms with Crippen LogP contribution in [0.4, 0.5) is 0 Å². The zero-order chi connectivity index (χ0) is 15.2. The Kier molecular flexibility index (Phi) is 5.10. The van der Waals surface area contributed by atoms with Crippen LogP contribution in [0.1, 0.15) is 29.6 Å². The summed E-state index contributed by atoms with van der Waals surface area (Å²) >= 11 is 1.51. The van der Waals surface area contributed by atoms with Crippen molar-refractivity contribution in [3.63, 3.8) is 0 Å². The van der Waals surface area contributed by atoms with Crippen molar-refractivity contribution in [2.24, 2.45) is 0 Å². The minimum atomic E-state index is -0.262. The number of aryl methyl sites for hydroxylation is 1. The summed E-state index contributed by atoms with van der Waals surface area (Å²) in [6, 6.07) is 3.80. The smallest absolute Gasteiger partial charge is 0.273 e. The molecule has 112 valence electrons. The second-order valence-electron chi connectivity index (χ2n) is 4.49. The van der Waals surface area contributed by atoms with Crippen molar-refractivity contribution in [1.82, 2.24) is 15.6 Å². The third kappa shape index (κ3) is 4.16. The Bertz CT molecular complexity index is 619. The molecule has 2 rings (SSSR count). The molecule has 0 spiro atoms. The summed E-state index contributed by atoms with van der Waals surface area (Å²) in [6.07, 6.45) is 0.667. The third-order valence-electron chi connectivity index (χ3n) is 2.76. The molecule has 7 heteroatoms. The molecule has 2 heterocycles. The fourth-order valence-corrected chi connectivity index (χ4v) is 2.40. The maximum Gasteiger partial charge on any atom is 0.273 e. The third-order valence-corrected chi connectivity index (χ3v) is 3.61. The van der Waals surface area contributed by atoms with E-state index in [1.807, 2.05) is 17.5 Å². The Morgan fingerprint density at radius 1 is 1.33 bits per heavy atom. The number of amides is 2. The number of hydrogen-bond donors (Lipinski definition) is 2. The molecule has 0 saturated heterocycles. The lowest BCUT2D eigenvalue weighted by Crippen LogP contribution is -2.29. The van der Waals surface area contributed by atoms with E-state index < -0.39 is 0 Å². The van der Waals surface area contributed by atoms with Crippen molar-refractivity contribution >= 4 is 23.2 Å². The van der Waals surface area contributed by atoms with E-state index in [4.69, 9.17) is 4.42 Å². The van der Waals surface area contributed by atoms with E-state index in [0.717, 1.165) is 4.88 Å². The van der Waals surface area contributed by atoms with Crippen LogP contribution < -0.4 is 10.6 Å². The van der Waals surface area contributed by atoms with E-state index in [1.165, 1.54) is 18.3 Å². The van der Waals surface area contributed by atoms with E-state index in [-0.39, 0.29) is 11.8 Å². The van der Waals surface area contributed by atoms with Gasteiger partial charge in [0.05, 0.1) is 4.88 Å². The molecule has 6 nitrogen and oxygen atoms in total. The van der Waals surface area contributed by atoms with Crippen LogP contribution in [-0.4, -0.2) is 29.9 Å². The molecule has 21 heavy (non-hydrogen) atoms. The Hall–Kier alpha value is -2.15. The minimum Gasteiger partial charge on any atom is -0.440 e. The number of rotatable bonds is 6. The molecule has 0 atom stereocenters. The summed E-state index contributed by atoms with van der Waals surface area (Å²) in [5.74, 6) is 0.625. The van der Waals surface area contributed by atoms with Crippen LogP contribution in [0.2, 0.25) is 0 Å². The van der Waals surface area contributed by atoms with E-state index in [0.29, 0.717) is 36.9 Å². The Labute approximate surface area is 126 Å². The van der Waals surface area contributed by atoms with Crippen LogP contribution in [-0.2, 0) is 4.79 Å². The second-order valence-corrected chi connectivity index (χ2v) is 5.44. The lowest BCUT2D eigenvalue weighted by Gasteiger charge is -2.03. The quantitative estimate of drug-likeness (QED) is 0.799. The summed E-state index contributed by atoms with van der Waals surface area (Å²) in [5, 5.41) is 7.36. The average Bonchev–Trinajstić information content (AvgIpc) is 3.06. The molecule has 2 aromatic heterocycles. The van der Waals surface area contributed by atoms with Gasteiger partial charge in [0.1, 0.15) is 5.76 Å². The van der Waals surface area contributed by atoms with Crippen LogP contribution in [0, 0.1) is 6.92 Å². The largest absolute Gasteiger partial charge is 0.440 e. The molecule has 0 bridgehead atoms. The molecule has 0 aromatic carbocycles. The van der Waals surface area contributed by atoms with Crippen molar-refractivity contribution < 1.29 is 14.0 Å². The van der Waals surface area contributed by atoms with Crippen LogP contribution >= 0.6 is 11.3 Å². The van der Waals surface area contributed by atoms with Crippen LogP contribution in [0.5, 0.6) is 0 Å². The van der Waals surface area contributed by atoms with E-state index >= 15 is 0 Å². The van der Waals surface area contributed by atoms with Gasteiger partial charge in [-0.15, -0.1) is 11.3 Å². The number of oxazole rings is 1. The van der Waals surface area contributed by atoms with Gasteiger partial charge in [-0.2, -0.15) is 0 Å². The van der Waals surface area contributed by atoms with E-state index in [1.54, 1.807) is 6.92 Å². The lowest BCUT2D eigenvalue weighted by atomic mass is 10.3. The van der Waals surface area contributed by atoms with Crippen LogP contribution in [0.15, 0.2) is 21.9 Å². The number of hydrogen-bond acceptors (Lipinski definition) is 5. The van der Waals surface area contributed by atoms with Gasteiger partial charge in [-0.25, -0.2) is 4.98 Å². The summed E-state index contributed by atoms with van der Waals surface area (Å²) in [7, 11) is 0. The molecule has 0 aliphatic heterocycles. The molecule has 2 N–H and O–H groups in total. The van der Waals surface area contributed by atoms with Crippen molar-refractivity contribution in [3.05, 3.63) is 29.0 Å². The molecule has 0 radical (unpaired) electrons. The predicted octanol–water partition coefficient (Wildman–Crippen LogP) is 1.97. The molecule has 0 unspecified atom stereocenters. The lowest BCUT2D eigenvalue weighted by molar-refractivity contribution is -0.118. The minimum absolute atomic E-state index is 0.0748. The highest BCUT2D eigenvalue weighted by atomic mass is 32.1. The molecule has 0 fully saturated rings. The zero-order valence-electron chi connectivity index (χ0n) is 11.9. The Balaban J connectivity index is 1.89. The van der Waals surface area contributed by atoms with Gasteiger partial charge in [-0.05, 0) is 24.8 Å². The predicted molar refractivity (Wildman–Crippen MR) is 80.2 cm³/mol. The maximum atomic E-state index is 12.0. The first-order valence-electron chi connectivity index (χ1n) is 6.62. The van der Waals surface area contributed by atoms with Crippen molar-refractivity contribution in [3.8, 4) is 10.8 Å². The first-order chi connectivity index (χ1) is 10.1. The summed E-state index contributed by atoms with van der Waals surface area (Å²) < 4.78 is 5.52. The van der Waals surface area contributed by atoms with Crippen molar-refractivity contribution in [2.45, 2.75) is 20.3 Å². The van der Waals surface area contributed by atoms with E-state index in [9.17, 15) is 9.59 Å². The average molecular weight is 307 g/mol. The normalized spacial score (nSPS) is 10.4. The SMILES string of the molecule is CC(=O)NCCCNC(=O)c1nc(-c2cccs2)oc1C. The fraction of sp³-hybridized carbons (Fsp3) is 0.357. The van der Waals surface area contributed by atoms with Gasteiger partial charge in [-0.1, -0.05) is 6.07 Å². The van der Waals surface area contributed by atoms with Gasteiger partial charge in [0.15, 0.2) is 5.69 Å². The van der Waals surface area contributed by atoms with Gasteiger partial charge in [0.25, 0.3) is 5.91 Å². The number of thiophene rings is 1. The number of carbonyl (C=O) groups is 2. The molecule has 0 saturated carbocycles. The number of aromatic nitrogens is 1. The van der Waals surface area contributed by atoms with Crippen LogP contribution in [0.3, 0.4) is 0 Å². The van der Waals surface area contributed by atoms with Crippen molar-refractivity contribution in [2.75, 3.05) is 13.1 Å². The Morgan fingerprint density at radius 2 is 2.10 bits per heavy atom. The van der Waals surface area contributed by atoms with Crippen LogP contribution in [0.25, 0.3) is 10.8 Å². The number of nitrogens with zero attached hydrogens (tertiary/aromatic N) is 1.